The SMILES string of the molecule is Cc1cc(NS(=O)(=O)NC(=O)N2C[C@H](N)C2=O)on1. The summed E-state index contributed by atoms with van der Waals surface area (Å²) < 4.78 is 31.3. The minimum atomic E-state index is -4.20. The predicted molar refractivity (Wildman–Crippen MR) is 62.0 cm³/mol. The number of nitrogens with zero attached hydrogens (tertiary/aromatic N) is 2. The maximum atomic E-state index is 11.6. The third-order valence-electron chi connectivity index (χ3n) is 2.29. The predicted octanol–water partition coefficient (Wildman–Crippen LogP) is -1.48. The zero-order chi connectivity index (χ0) is 14.2. The molecule has 0 bridgehead atoms. The highest BCUT2D eigenvalue weighted by molar-refractivity contribution is 7.91. The van der Waals surface area contributed by atoms with E-state index in [1.54, 1.807) is 11.6 Å². The van der Waals surface area contributed by atoms with Crippen LogP contribution < -0.4 is 15.2 Å². The van der Waals surface area contributed by atoms with E-state index < -0.39 is 28.2 Å². The summed E-state index contributed by atoms with van der Waals surface area (Å²) in [5, 5.41) is 3.47. The van der Waals surface area contributed by atoms with Gasteiger partial charge in [0, 0.05) is 6.07 Å². The van der Waals surface area contributed by atoms with Gasteiger partial charge in [0.1, 0.15) is 6.04 Å². The Kier molecular flexibility index (Phi) is 3.16. The molecule has 1 aromatic heterocycles. The van der Waals surface area contributed by atoms with Crippen molar-refractivity contribution in [3.8, 4) is 0 Å². The number of hydrogen-bond donors (Lipinski definition) is 3. The van der Waals surface area contributed by atoms with Gasteiger partial charge in [0.15, 0.2) is 0 Å². The first-order valence-electron chi connectivity index (χ1n) is 5.13. The summed E-state index contributed by atoms with van der Waals surface area (Å²) >= 11 is 0. The molecule has 1 aromatic rings. The number of nitrogens with two attached hydrogens (primary N) is 1. The largest absolute Gasteiger partial charge is 0.339 e. The van der Waals surface area contributed by atoms with Gasteiger partial charge in [0.25, 0.3) is 0 Å². The van der Waals surface area contributed by atoms with Gasteiger partial charge in [-0.2, -0.15) is 8.42 Å². The van der Waals surface area contributed by atoms with E-state index in [2.05, 4.69) is 9.68 Å². The van der Waals surface area contributed by atoms with Gasteiger partial charge in [-0.3, -0.25) is 9.69 Å². The molecule has 1 aliphatic heterocycles. The monoisotopic (exact) mass is 289 g/mol. The van der Waals surface area contributed by atoms with Gasteiger partial charge in [-0.25, -0.2) is 14.2 Å². The number of carbonyl (C=O) groups is 2. The van der Waals surface area contributed by atoms with Crippen LogP contribution in [0.3, 0.4) is 0 Å². The fourth-order valence-corrected chi connectivity index (χ4v) is 2.13. The molecule has 0 radical (unpaired) electrons. The molecule has 1 aliphatic rings. The number of imide groups is 1. The Morgan fingerprint density at radius 2 is 2.32 bits per heavy atom. The van der Waals surface area contributed by atoms with Crippen LogP contribution in [0.25, 0.3) is 0 Å². The van der Waals surface area contributed by atoms with Gasteiger partial charge in [0.2, 0.25) is 11.8 Å². The van der Waals surface area contributed by atoms with E-state index in [4.69, 9.17) is 5.73 Å². The average molecular weight is 289 g/mol. The fourth-order valence-electron chi connectivity index (χ4n) is 1.38. The Balaban J connectivity index is 1.98. The zero-order valence-corrected chi connectivity index (χ0v) is 10.6. The molecule has 2 heterocycles. The van der Waals surface area contributed by atoms with E-state index in [9.17, 15) is 18.0 Å². The molecule has 0 unspecified atom stereocenters. The summed E-state index contributed by atoms with van der Waals surface area (Å²) in [5.41, 5.74) is 5.75. The normalized spacial score (nSPS) is 18.9. The van der Waals surface area contributed by atoms with E-state index in [1.807, 2.05) is 4.72 Å². The van der Waals surface area contributed by atoms with Crippen LogP contribution in [0.2, 0.25) is 0 Å². The number of aryl methyl sites for hydroxylation is 1. The van der Waals surface area contributed by atoms with Gasteiger partial charge < -0.3 is 10.3 Å². The van der Waals surface area contributed by atoms with E-state index >= 15 is 0 Å². The minimum Gasteiger partial charge on any atom is -0.338 e. The molecular weight excluding hydrogens is 278 g/mol. The first-order chi connectivity index (χ1) is 8.78. The number of carbonyl (C=O) groups excluding carboxylic acids is 2. The fraction of sp³-hybridized carbons (Fsp3) is 0.375. The Bertz CT molecular complexity index is 623. The summed E-state index contributed by atoms with van der Waals surface area (Å²) in [7, 11) is -4.20. The maximum absolute atomic E-state index is 11.6. The number of urea groups is 1. The number of aromatic nitrogens is 1. The van der Waals surface area contributed by atoms with Crippen LogP contribution in [0.15, 0.2) is 10.6 Å². The molecule has 10 nitrogen and oxygen atoms in total. The van der Waals surface area contributed by atoms with Crippen molar-refractivity contribution in [1.29, 1.82) is 0 Å². The quantitative estimate of drug-likeness (QED) is 0.574. The molecule has 4 N–H and O–H groups in total. The third-order valence-corrected chi connectivity index (χ3v) is 3.21. The smallest absolute Gasteiger partial charge is 0.338 e. The first-order valence-corrected chi connectivity index (χ1v) is 6.61. The molecule has 2 rings (SSSR count). The molecule has 0 aliphatic carbocycles. The number of nitrogens with one attached hydrogen (secondary N) is 2. The Morgan fingerprint density at radius 1 is 1.63 bits per heavy atom. The van der Waals surface area contributed by atoms with Crippen molar-refractivity contribution in [1.82, 2.24) is 14.8 Å². The van der Waals surface area contributed by atoms with Crippen molar-refractivity contribution in [2.75, 3.05) is 11.3 Å². The van der Waals surface area contributed by atoms with Crippen molar-refractivity contribution >= 4 is 28.0 Å². The lowest BCUT2D eigenvalue weighted by atomic mass is 10.1. The second kappa shape index (κ2) is 4.51. The van der Waals surface area contributed by atoms with E-state index in [0.29, 0.717) is 10.6 Å². The summed E-state index contributed by atoms with van der Waals surface area (Å²) in [4.78, 5) is 23.3. The van der Waals surface area contributed by atoms with Gasteiger partial charge in [-0.1, -0.05) is 5.16 Å². The van der Waals surface area contributed by atoms with Crippen LogP contribution in [0.5, 0.6) is 0 Å². The summed E-state index contributed by atoms with van der Waals surface area (Å²) in [6, 6.07) is -0.511. The summed E-state index contributed by atoms with van der Waals surface area (Å²) in [6.45, 7) is 1.57. The van der Waals surface area contributed by atoms with Crippen LogP contribution in [0, 0.1) is 6.92 Å². The number of hydrogen-bond acceptors (Lipinski definition) is 7. The standard InChI is InChI=1S/C8H11N5O5S/c1-4-2-6(18-10-4)11-19(16,17)12-8(15)13-3-5(9)7(13)14/h2,5,11H,3,9H2,1H3,(H,12,15)/t5-/m0/s1. The molecule has 11 heteroatoms. The third kappa shape index (κ3) is 2.82. The molecule has 3 amide bonds. The summed E-state index contributed by atoms with van der Waals surface area (Å²) in [5.74, 6) is -0.785. The second-order valence-electron chi connectivity index (χ2n) is 3.90. The highest BCUT2D eigenvalue weighted by Crippen LogP contribution is 2.11. The van der Waals surface area contributed by atoms with Crippen molar-refractivity contribution in [2.24, 2.45) is 5.73 Å². The molecule has 1 fully saturated rings. The highest BCUT2D eigenvalue weighted by Gasteiger charge is 2.39. The van der Waals surface area contributed by atoms with Crippen molar-refractivity contribution < 1.29 is 22.5 Å². The maximum Gasteiger partial charge on any atom is 0.339 e. The topological polar surface area (TPSA) is 148 Å². The van der Waals surface area contributed by atoms with Crippen molar-refractivity contribution in [3.05, 3.63) is 11.8 Å². The molecule has 1 atom stereocenters. The molecule has 19 heavy (non-hydrogen) atoms. The summed E-state index contributed by atoms with van der Waals surface area (Å²) in [6.07, 6.45) is 0. The Hall–Kier alpha value is -2.14. The molecular formula is C8H11N5O5S. The van der Waals surface area contributed by atoms with Crippen LogP contribution in [0.4, 0.5) is 10.7 Å². The van der Waals surface area contributed by atoms with E-state index in [1.165, 1.54) is 6.07 Å². The van der Waals surface area contributed by atoms with Crippen LogP contribution in [-0.2, 0) is 15.0 Å². The molecule has 104 valence electrons. The first kappa shape index (κ1) is 13.3. The average Bonchev–Trinajstić information content (AvgIpc) is 2.69. The second-order valence-corrected chi connectivity index (χ2v) is 5.32. The van der Waals surface area contributed by atoms with Crippen molar-refractivity contribution in [3.63, 3.8) is 0 Å². The number of amides is 3. The number of likely N-dealkylation sites (tertiary alicyclic amines) is 1. The Morgan fingerprint density at radius 3 is 2.79 bits per heavy atom. The van der Waals surface area contributed by atoms with Gasteiger partial charge >= 0.3 is 16.2 Å². The van der Waals surface area contributed by atoms with Crippen LogP contribution >= 0.6 is 0 Å². The molecule has 0 spiro atoms. The molecule has 0 saturated carbocycles. The van der Waals surface area contributed by atoms with Crippen LogP contribution in [-0.4, -0.2) is 43.0 Å². The van der Waals surface area contributed by atoms with E-state index in [0.717, 1.165) is 0 Å². The van der Waals surface area contributed by atoms with Crippen molar-refractivity contribution in [2.45, 2.75) is 13.0 Å². The van der Waals surface area contributed by atoms with Crippen LogP contribution in [0.1, 0.15) is 5.69 Å². The lowest BCUT2D eigenvalue weighted by molar-refractivity contribution is -0.137. The lowest BCUT2D eigenvalue weighted by Crippen LogP contribution is -2.65. The number of rotatable bonds is 3. The number of β-lactam (4-membered cyclic amide) rings is 1. The Labute approximate surface area is 108 Å². The highest BCUT2D eigenvalue weighted by atomic mass is 32.2. The number of anilines is 1. The minimum absolute atomic E-state index is 0.0262. The lowest BCUT2D eigenvalue weighted by Gasteiger charge is -2.33. The zero-order valence-electron chi connectivity index (χ0n) is 9.78. The van der Waals surface area contributed by atoms with Gasteiger partial charge in [-0.15, -0.1) is 0 Å². The molecule has 0 aromatic carbocycles. The van der Waals surface area contributed by atoms with E-state index in [-0.39, 0.29) is 12.4 Å². The van der Waals surface area contributed by atoms with Gasteiger partial charge in [-0.05, 0) is 6.92 Å². The van der Waals surface area contributed by atoms with Gasteiger partial charge in [0.05, 0.1) is 12.2 Å². The molecule has 1 saturated heterocycles.